The first kappa shape index (κ1) is 17.1. The van der Waals surface area contributed by atoms with E-state index in [1.807, 2.05) is 12.1 Å². The molecule has 0 aliphatic carbocycles. The highest BCUT2D eigenvalue weighted by atomic mass is 32.2. The van der Waals surface area contributed by atoms with Gasteiger partial charge in [0.15, 0.2) is 0 Å². The molecule has 1 aromatic heterocycles. The Morgan fingerprint density at radius 2 is 1.20 bits per heavy atom. The predicted octanol–water partition coefficient (Wildman–Crippen LogP) is 2.61. The molecule has 0 saturated heterocycles. The molecule has 0 aliphatic rings. The van der Waals surface area contributed by atoms with Crippen molar-refractivity contribution in [3.05, 3.63) is 83.4 Å². The van der Waals surface area contributed by atoms with E-state index in [1.54, 1.807) is 36.7 Å². The normalized spacial score (nSPS) is 11.4. The van der Waals surface area contributed by atoms with Crippen molar-refractivity contribution in [2.75, 3.05) is 0 Å². The van der Waals surface area contributed by atoms with Crippen LogP contribution in [0.1, 0.15) is 22.5 Å². The molecule has 0 bridgehead atoms. The van der Waals surface area contributed by atoms with Gasteiger partial charge in [-0.3, -0.25) is 14.5 Å². The number of phenolic OH excluding ortho intramolecular Hbond substituents is 1. The number of nitrogens with zero attached hydrogens (tertiary/aromatic N) is 2. The molecule has 0 spiro atoms. The predicted molar refractivity (Wildman–Crippen MR) is 92.0 cm³/mol. The van der Waals surface area contributed by atoms with E-state index < -0.39 is 10.1 Å². The smallest absolute Gasteiger partial charge is 0.294 e. The molecule has 0 saturated carbocycles. The number of hydrogen-bond donors (Lipinski definition) is 2. The maximum Gasteiger partial charge on any atom is 0.294 e. The van der Waals surface area contributed by atoms with Gasteiger partial charge in [-0.15, -0.1) is 0 Å². The second kappa shape index (κ2) is 7.00. The molecule has 0 atom stereocenters. The van der Waals surface area contributed by atoms with E-state index in [0.717, 1.165) is 22.5 Å². The molecule has 7 heteroatoms. The molecular formula is C18H16N2O4S. The minimum absolute atomic E-state index is 0.133. The second-order valence-electron chi connectivity index (χ2n) is 5.64. The second-order valence-corrected chi connectivity index (χ2v) is 7.06. The average Bonchev–Trinajstić information content (AvgIpc) is 2.58. The zero-order valence-electron chi connectivity index (χ0n) is 13.2. The van der Waals surface area contributed by atoms with Crippen LogP contribution >= 0.6 is 0 Å². The van der Waals surface area contributed by atoms with Crippen LogP contribution in [0.2, 0.25) is 0 Å². The topological polar surface area (TPSA) is 100 Å². The lowest BCUT2D eigenvalue weighted by molar-refractivity contribution is 0.475. The summed E-state index contributed by atoms with van der Waals surface area (Å²) in [7, 11) is -4.17. The van der Waals surface area contributed by atoms with Crippen LogP contribution in [0.3, 0.4) is 0 Å². The van der Waals surface area contributed by atoms with E-state index >= 15 is 0 Å². The molecule has 128 valence electrons. The van der Waals surface area contributed by atoms with Gasteiger partial charge in [-0.2, -0.15) is 8.42 Å². The summed E-state index contributed by atoms with van der Waals surface area (Å²) in [6.45, 7) is 0. The zero-order valence-corrected chi connectivity index (χ0v) is 14.0. The van der Waals surface area contributed by atoms with Gasteiger partial charge in [0.05, 0.1) is 16.3 Å². The van der Waals surface area contributed by atoms with Crippen molar-refractivity contribution in [2.45, 2.75) is 17.7 Å². The van der Waals surface area contributed by atoms with E-state index in [0.29, 0.717) is 12.8 Å². The number of benzene rings is 2. The van der Waals surface area contributed by atoms with Crippen LogP contribution in [0.25, 0.3) is 0 Å². The van der Waals surface area contributed by atoms with E-state index in [2.05, 4.69) is 9.97 Å². The number of phenols is 1. The summed E-state index contributed by atoms with van der Waals surface area (Å²) in [5.74, 6) is 0.227. The Bertz CT molecular complexity index is 951. The Balaban J connectivity index is 1.67. The third-order valence-corrected chi connectivity index (χ3v) is 4.55. The van der Waals surface area contributed by atoms with Gasteiger partial charge in [-0.05, 0) is 35.4 Å². The van der Waals surface area contributed by atoms with E-state index in [4.69, 9.17) is 4.55 Å². The van der Waals surface area contributed by atoms with Crippen molar-refractivity contribution in [1.29, 1.82) is 0 Å². The lowest BCUT2D eigenvalue weighted by Crippen LogP contribution is -2.00. The molecule has 3 rings (SSSR count). The lowest BCUT2D eigenvalue weighted by Gasteiger charge is -2.05. The van der Waals surface area contributed by atoms with Gasteiger partial charge in [0.25, 0.3) is 10.1 Å². The van der Waals surface area contributed by atoms with E-state index in [1.165, 1.54) is 12.1 Å². The van der Waals surface area contributed by atoms with Gasteiger partial charge in [-0.1, -0.05) is 24.3 Å². The van der Waals surface area contributed by atoms with Gasteiger partial charge in [0.1, 0.15) is 5.75 Å². The third-order valence-electron chi connectivity index (χ3n) is 3.69. The van der Waals surface area contributed by atoms with Crippen molar-refractivity contribution in [1.82, 2.24) is 9.97 Å². The van der Waals surface area contributed by atoms with Crippen molar-refractivity contribution in [3.8, 4) is 5.75 Å². The molecule has 25 heavy (non-hydrogen) atoms. The first-order chi connectivity index (χ1) is 11.9. The lowest BCUT2D eigenvalue weighted by atomic mass is 10.1. The Kier molecular flexibility index (Phi) is 4.78. The average molecular weight is 356 g/mol. The molecule has 0 unspecified atom stereocenters. The van der Waals surface area contributed by atoms with Crippen LogP contribution in [0.15, 0.2) is 65.8 Å². The van der Waals surface area contributed by atoms with Gasteiger partial charge in [0, 0.05) is 25.2 Å². The SMILES string of the molecule is O=S(=O)(O)c1ccc(Cc2cnc(Cc3ccc(O)cc3)cn2)cc1. The molecule has 0 aliphatic heterocycles. The van der Waals surface area contributed by atoms with Gasteiger partial charge < -0.3 is 5.11 Å². The minimum Gasteiger partial charge on any atom is -0.508 e. The molecule has 0 radical (unpaired) electrons. The van der Waals surface area contributed by atoms with Crippen LogP contribution < -0.4 is 0 Å². The molecule has 2 N–H and O–H groups in total. The van der Waals surface area contributed by atoms with Crippen molar-refractivity contribution in [2.24, 2.45) is 0 Å². The van der Waals surface area contributed by atoms with E-state index in [9.17, 15) is 13.5 Å². The highest BCUT2D eigenvalue weighted by molar-refractivity contribution is 7.85. The van der Waals surface area contributed by atoms with Gasteiger partial charge >= 0.3 is 0 Å². The molecule has 0 amide bonds. The maximum atomic E-state index is 11.0. The third kappa shape index (κ3) is 4.62. The van der Waals surface area contributed by atoms with Crippen LogP contribution in [-0.4, -0.2) is 28.0 Å². The fourth-order valence-corrected chi connectivity index (χ4v) is 2.86. The number of rotatable bonds is 5. The molecule has 6 nitrogen and oxygen atoms in total. The Morgan fingerprint density at radius 1 is 0.760 bits per heavy atom. The Morgan fingerprint density at radius 3 is 1.60 bits per heavy atom. The quantitative estimate of drug-likeness (QED) is 0.682. The first-order valence-electron chi connectivity index (χ1n) is 7.54. The molecule has 0 fully saturated rings. The van der Waals surface area contributed by atoms with Crippen molar-refractivity contribution < 1.29 is 18.1 Å². The molecule has 2 aromatic carbocycles. The van der Waals surface area contributed by atoms with Gasteiger partial charge in [0.2, 0.25) is 0 Å². The largest absolute Gasteiger partial charge is 0.508 e. The summed E-state index contributed by atoms with van der Waals surface area (Å²) < 4.78 is 31.0. The summed E-state index contributed by atoms with van der Waals surface area (Å²) in [4.78, 5) is 8.64. The molecular weight excluding hydrogens is 340 g/mol. The highest BCUT2D eigenvalue weighted by Gasteiger charge is 2.09. The maximum absolute atomic E-state index is 11.0. The number of aromatic hydroxyl groups is 1. The summed E-state index contributed by atoms with van der Waals surface area (Å²) in [6.07, 6.45) is 4.52. The Labute approximate surface area is 145 Å². The summed E-state index contributed by atoms with van der Waals surface area (Å²) in [5, 5.41) is 9.29. The standard InChI is InChI=1S/C18H16N2O4S/c21-17-5-1-13(2-6-17)9-15-11-20-16(12-19-15)10-14-3-7-18(8-4-14)25(22,23)24/h1-8,11-12,21H,9-10H2,(H,22,23,24). The van der Waals surface area contributed by atoms with E-state index in [-0.39, 0.29) is 10.6 Å². The number of hydrogen-bond acceptors (Lipinski definition) is 5. The fraction of sp³-hybridized carbons (Fsp3) is 0.111. The fourth-order valence-electron chi connectivity index (χ4n) is 2.38. The summed E-state index contributed by atoms with van der Waals surface area (Å²) >= 11 is 0. The minimum atomic E-state index is -4.17. The monoisotopic (exact) mass is 356 g/mol. The summed E-state index contributed by atoms with van der Waals surface area (Å²) in [6, 6.07) is 12.9. The number of aromatic nitrogens is 2. The highest BCUT2D eigenvalue weighted by Crippen LogP contribution is 2.14. The Hall–Kier alpha value is -2.77. The van der Waals surface area contributed by atoms with Crippen molar-refractivity contribution >= 4 is 10.1 Å². The van der Waals surface area contributed by atoms with Crippen LogP contribution in [-0.2, 0) is 23.0 Å². The molecule has 3 aromatic rings. The van der Waals surface area contributed by atoms with Gasteiger partial charge in [-0.25, -0.2) is 0 Å². The van der Waals surface area contributed by atoms with Crippen LogP contribution in [0, 0.1) is 0 Å². The summed E-state index contributed by atoms with van der Waals surface area (Å²) in [5.41, 5.74) is 3.47. The van der Waals surface area contributed by atoms with Crippen molar-refractivity contribution in [3.63, 3.8) is 0 Å². The molecule has 1 heterocycles. The van der Waals surface area contributed by atoms with Crippen LogP contribution in [0.5, 0.6) is 5.75 Å². The van der Waals surface area contributed by atoms with Crippen LogP contribution in [0.4, 0.5) is 0 Å². The first-order valence-corrected chi connectivity index (χ1v) is 8.98. The zero-order chi connectivity index (χ0) is 17.9.